The molecular weight excluding hydrogens is 212 g/mol. The Kier molecular flexibility index (Phi) is 5.18. The fraction of sp³-hybridized carbons (Fsp3) is 0.933. The van der Waals surface area contributed by atoms with Gasteiger partial charge in [0.05, 0.1) is 6.10 Å². The largest absolute Gasteiger partial charge is 0.370 e. The molecule has 1 aliphatic carbocycles. The minimum Gasteiger partial charge on any atom is -0.370 e. The van der Waals surface area contributed by atoms with Crippen LogP contribution in [0.2, 0.25) is 0 Å². The van der Waals surface area contributed by atoms with E-state index in [1.807, 2.05) is 13.8 Å². The van der Waals surface area contributed by atoms with Crippen LogP contribution in [-0.4, -0.2) is 18.5 Å². The number of rotatable bonds is 5. The van der Waals surface area contributed by atoms with Crippen molar-refractivity contribution in [2.75, 3.05) is 6.61 Å². The molecule has 17 heavy (non-hydrogen) atoms. The summed E-state index contributed by atoms with van der Waals surface area (Å²) in [7, 11) is 0. The van der Waals surface area contributed by atoms with E-state index in [2.05, 4.69) is 20.8 Å². The highest BCUT2D eigenvalue weighted by Crippen LogP contribution is 2.39. The molecule has 100 valence electrons. The zero-order valence-corrected chi connectivity index (χ0v) is 12.1. The minimum absolute atomic E-state index is 0.143. The lowest BCUT2D eigenvalue weighted by Crippen LogP contribution is -2.34. The third-order valence-electron chi connectivity index (χ3n) is 3.97. The van der Waals surface area contributed by atoms with E-state index in [1.165, 1.54) is 6.42 Å². The Balaban J connectivity index is 2.39. The number of ether oxygens (including phenoxy) is 1. The Morgan fingerprint density at radius 1 is 1.41 bits per heavy atom. The highest BCUT2D eigenvalue weighted by molar-refractivity contribution is 5.81. The molecule has 0 aromatic rings. The SMILES string of the molecule is CCC(C)C(=O)COC1CC(C)CC(C)(C)C1. The van der Waals surface area contributed by atoms with Gasteiger partial charge in [-0.3, -0.25) is 4.79 Å². The molecule has 1 saturated carbocycles. The van der Waals surface area contributed by atoms with E-state index in [-0.39, 0.29) is 17.8 Å². The van der Waals surface area contributed by atoms with Gasteiger partial charge in [-0.05, 0) is 37.0 Å². The monoisotopic (exact) mass is 240 g/mol. The quantitative estimate of drug-likeness (QED) is 0.730. The Morgan fingerprint density at radius 3 is 2.59 bits per heavy atom. The van der Waals surface area contributed by atoms with Gasteiger partial charge in [-0.1, -0.05) is 34.6 Å². The first-order valence-corrected chi connectivity index (χ1v) is 6.98. The second-order valence-electron chi connectivity index (χ2n) is 6.62. The fourth-order valence-corrected chi connectivity index (χ4v) is 2.96. The summed E-state index contributed by atoms with van der Waals surface area (Å²) in [4.78, 5) is 11.7. The molecule has 2 nitrogen and oxygen atoms in total. The Labute approximate surface area is 106 Å². The van der Waals surface area contributed by atoms with Crippen LogP contribution in [0.15, 0.2) is 0 Å². The van der Waals surface area contributed by atoms with Crippen LogP contribution in [-0.2, 0) is 9.53 Å². The molecule has 0 heterocycles. The molecular formula is C15H28O2. The topological polar surface area (TPSA) is 26.3 Å². The van der Waals surface area contributed by atoms with Gasteiger partial charge in [-0.15, -0.1) is 0 Å². The van der Waals surface area contributed by atoms with E-state index < -0.39 is 0 Å². The fourth-order valence-electron chi connectivity index (χ4n) is 2.96. The molecule has 0 aliphatic heterocycles. The van der Waals surface area contributed by atoms with Crippen molar-refractivity contribution in [3.63, 3.8) is 0 Å². The molecule has 0 radical (unpaired) electrons. The summed E-state index contributed by atoms with van der Waals surface area (Å²) in [6, 6.07) is 0. The predicted molar refractivity (Wildman–Crippen MR) is 71.0 cm³/mol. The summed E-state index contributed by atoms with van der Waals surface area (Å²) in [5.41, 5.74) is 0.363. The van der Waals surface area contributed by atoms with Crippen LogP contribution in [0.5, 0.6) is 0 Å². The number of carbonyl (C=O) groups is 1. The highest BCUT2D eigenvalue weighted by atomic mass is 16.5. The number of hydrogen-bond donors (Lipinski definition) is 0. The first-order valence-electron chi connectivity index (χ1n) is 6.98. The van der Waals surface area contributed by atoms with Crippen LogP contribution in [0.1, 0.15) is 60.3 Å². The summed E-state index contributed by atoms with van der Waals surface area (Å²) in [5, 5.41) is 0. The second-order valence-corrected chi connectivity index (χ2v) is 6.62. The molecule has 1 rings (SSSR count). The summed E-state index contributed by atoms with van der Waals surface area (Å²) >= 11 is 0. The lowest BCUT2D eigenvalue weighted by molar-refractivity contribution is -0.131. The molecule has 3 unspecified atom stereocenters. The molecule has 0 N–H and O–H groups in total. The summed E-state index contributed by atoms with van der Waals surface area (Å²) in [6.45, 7) is 11.2. The van der Waals surface area contributed by atoms with Crippen molar-refractivity contribution in [3.05, 3.63) is 0 Å². The molecule has 0 aromatic carbocycles. The lowest BCUT2D eigenvalue weighted by atomic mass is 9.71. The lowest BCUT2D eigenvalue weighted by Gasteiger charge is -2.38. The van der Waals surface area contributed by atoms with Gasteiger partial charge in [0.2, 0.25) is 0 Å². The van der Waals surface area contributed by atoms with Crippen LogP contribution >= 0.6 is 0 Å². The summed E-state index contributed by atoms with van der Waals surface area (Å²) < 4.78 is 5.82. The maximum absolute atomic E-state index is 11.7. The van der Waals surface area contributed by atoms with Crippen molar-refractivity contribution in [1.82, 2.24) is 0 Å². The first-order chi connectivity index (χ1) is 7.84. The van der Waals surface area contributed by atoms with Gasteiger partial charge in [0.15, 0.2) is 5.78 Å². The standard InChI is InChI=1S/C15H28O2/c1-6-12(3)14(16)10-17-13-7-11(2)8-15(4,5)9-13/h11-13H,6-10H2,1-5H3. The third kappa shape index (κ3) is 4.79. The first kappa shape index (κ1) is 14.7. The Hall–Kier alpha value is -0.370. The van der Waals surface area contributed by atoms with Crippen LogP contribution in [0.4, 0.5) is 0 Å². The van der Waals surface area contributed by atoms with E-state index in [0.717, 1.165) is 19.3 Å². The van der Waals surface area contributed by atoms with Gasteiger partial charge in [0.25, 0.3) is 0 Å². The van der Waals surface area contributed by atoms with Gasteiger partial charge in [0.1, 0.15) is 6.61 Å². The molecule has 0 bridgehead atoms. The molecule has 0 amide bonds. The van der Waals surface area contributed by atoms with Crippen molar-refractivity contribution < 1.29 is 9.53 Å². The number of Topliss-reactive ketones (excluding diaryl/α,β-unsaturated/α-hetero) is 1. The van der Waals surface area contributed by atoms with Gasteiger partial charge >= 0.3 is 0 Å². The van der Waals surface area contributed by atoms with E-state index in [9.17, 15) is 4.79 Å². The van der Waals surface area contributed by atoms with Crippen molar-refractivity contribution in [1.29, 1.82) is 0 Å². The van der Waals surface area contributed by atoms with Gasteiger partial charge < -0.3 is 4.74 Å². The van der Waals surface area contributed by atoms with Crippen molar-refractivity contribution in [2.24, 2.45) is 17.3 Å². The van der Waals surface area contributed by atoms with Gasteiger partial charge in [0, 0.05) is 5.92 Å². The van der Waals surface area contributed by atoms with Crippen molar-refractivity contribution in [3.8, 4) is 0 Å². The molecule has 0 aromatic heterocycles. The van der Waals surface area contributed by atoms with Crippen molar-refractivity contribution >= 4 is 5.78 Å². The maximum atomic E-state index is 11.7. The van der Waals surface area contributed by atoms with Crippen LogP contribution in [0.3, 0.4) is 0 Å². The smallest absolute Gasteiger partial charge is 0.161 e. The molecule has 1 fully saturated rings. The van der Waals surface area contributed by atoms with Crippen LogP contribution in [0, 0.1) is 17.3 Å². The van der Waals surface area contributed by atoms with E-state index in [4.69, 9.17) is 4.74 Å². The summed E-state index contributed by atoms with van der Waals surface area (Å²) in [6.07, 6.45) is 4.66. The average Bonchev–Trinajstić information content (AvgIpc) is 2.22. The molecule has 2 heteroatoms. The maximum Gasteiger partial charge on any atom is 0.161 e. The molecule has 3 atom stereocenters. The van der Waals surface area contributed by atoms with Crippen LogP contribution < -0.4 is 0 Å². The average molecular weight is 240 g/mol. The Bertz CT molecular complexity index is 258. The number of ketones is 1. The Morgan fingerprint density at radius 2 is 2.06 bits per heavy atom. The van der Waals surface area contributed by atoms with E-state index >= 15 is 0 Å². The number of hydrogen-bond acceptors (Lipinski definition) is 2. The predicted octanol–water partition coefficient (Wildman–Crippen LogP) is 3.83. The molecule has 0 saturated heterocycles. The van der Waals surface area contributed by atoms with Crippen LogP contribution in [0.25, 0.3) is 0 Å². The zero-order chi connectivity index (χ0) is 13.1. The van der Waals surface area contributed by atoms with E-state index in [1.54, 1.807) is 0 Å². The highest BCUT2D eigenvalue weighted by Gasteiger charge is 2.32. The van der Waals surface area contributed by atoms with Crippen molar-refractivity contribution in [2.45, 2.75) is 66.4 Å². The second kappa shape index (κ2) is 5.99. The molecule has 1 aliphatic rings. The third-order valence-corrected chi connectivity index (χ3v) is 3.97. The van der Waals surface area contributed by atoms with Gasteiger partial charge in [-0.25, -0.2) is 0 Å². The minimum atomic E-state index is 0.143. The normalized spacial score (nSPS) is 29.9. The van der Waals surface area contributed by atoms with Gasteiger partial charge in [-0.2, -0.15) is 0 Å². The molecule has 0 spiro atoms. The van der Waals surface area contributed by atoms with E-state index in [0.29, 0.717) is 17.9 Å². The number of carbonyl (C=O) groups excluding carboxylic acids is 1. The zero-order valence-electron chi connectivity index (χ0n) is 12.1. The summed E-state index contributed by atoms with van der Waals surface area (Å²) in [5.74, 6) is 1.11.